The fraction of sp³-hybridized carbons (Fsp3) is 0.444. The summed E-state index contributed by atoms with van der Waals surface area (Å²) in [5.41, 5.74) is 0.628. The molecule has 0 spiro atoms. The van der Waals surface area contributed by atoms with E-state index in [-0.39, 0.29) is 10.6 Å². The summed E-state index contributed by atoms with van der Waals surface area (Å²) in [4.78, 5) is 34.5. The van der Waals surface area contributed by atoms with Crippen LogP contribution in [0.2, 0.25) is 5.02 Å². The number of nitro benzene ring substituents is 1. The number of hydrogen-bond acceptors (Lipinski definition) is 5. The lowest BCUT2D eigenvalue weighted by Gasteiger charge is -2.15. The van der Waals surface area contributed by atoms with Crippen molar-refractivity contribution in [3.63, 3.8) is 0 Å². The highest BCUT2D eigenvalue weighted by Gasteiger charge is 2.25. The Morgan fingerprint density at radius 2 is 2.15 bits per heavy atom. The number of nitrogens with one attached hydrogen (secondary N) is 1. The van der Waals surface area contributed by atoms with Gasteiger partial charge in [0.2, 0.25) is 0 Å². The number of halogens is 1. The van der Waals surface area contributed by atoms with Crippen LogP contribution in [0.4, 0.5) is 5.69 Å². The summed E-state index contributed by atoms with van der Waals surface area (Å²) in [6.07, 6.45) is 6.44. The Morgan fingerprint density at radius 1 is 1.38 bits per heavy atom. The average molecular weight is 381 g/mol. The Labute approximate surface area is 156 Å². The molecular formula is C18H21ClN2O5. The molecule has 1 aliphatic carbocycles. The number of ether oxygens (including phenoxy) is 1. The van der Waals surface area contributed by atoms with Gasteiger partial charge in [-0.3, -0.25) is 14.9 Å². The van der Waals surface area contributed by atoms with Crippen LogP contribution in [-0.4, -0.2) is 29.4 Å². The minimum atomic E-state index is -1.06. The Kier molecular flexibility index (Phi) is 7.15. The van der Waals surface area contributed by atoms with E-state index >= 15 is 0 Å². The minimum Gasteiger partial charge on any atom is -0.449 e. The molecule has 7 nitrogen and oxygen atoms in total. The lowest BCUT2D eigenvalue weighted by molar-refractivity contribution is -0.385. The van der Waals surface area contributed by atoms with Gasteiger partial charge < -0.3 is 10.1 Å². The Morgan fingerprint density at radius 3 is 2.81 bits per heavy atom. The first-order chi connectivity index (χ1) is 12.4. The normalized spacial score (nSPS) is 14.9. The van der Waals surface area contributed by atoms with Crippen molar-refractivity contribution in [2.24, 2.45) is 0 Å². The summed E-state index contributed by atoms with van der Waals surface area (Å²) < 4.78 is 5.06. The molecule has 0 aliphatic heterocycles. The van der Waals surface area contributed by atoms with Crippen LogP contribution in [0.1, 0.15) is 49.4 Å². The maximum atomic E-state index is 12.2. The van der Waals surface area contributed by atoms with Gasteiger partial charge in [-0.1, -0.05) is 23.3 Å². The van der Waals surface area contributed by atoms with E-state index in [1.807, 2.05) is 0 Å². The molecule has 0 bridgehead atoms. The van der Waals surface area contributed by atoms with Gasteiger partial charge >= 0.3 is 5.97 Å². The predicted molar refractivity (Wildman–Crippen MR) is 97.2 cm³/mol. The summed E-state index contributed by atoms with van der Waals surface area (Å²) in [6, 6.07) is 3.64. The maximum absolute atomic E-state index is 12.2. The third-order valence-corrected chi connectivity index (χ3v) is 4.39. The van der Waals surface area contributed by atoms with Crippen LogP contribution in [-0.2, 0) is 9.53 Å². The molecule has 0 saturated carbocycles. The topological polar surface area (TPSA) is 98.5 Å². The number of hydrogen-bond donors (Lipinski definition) is 1. The van der Waals surface area contributed by atoms with E-state index in [4.69, 9.17) is 16.3 Å². The molecular weight excluding hydrogens is 360 g/mol. The highest BCUT2D eigenvalue weighted by Crippen LogP contribution is 2.24. The van der Waals surface area contributed by atoms with E-state index in [1.54, 1.807) is 0 Å². The molecule has 0 saturated heterocycles. The summed E-state index contributed by atoms with van der Waals surface area (Å²) in [5.74, 6) is -1.38. The van der Waals surface area contributed by atoms with Crippen molar-refractivity contribution in [3.05, 3.63) is 50.5 Å². The second-order valence-corrected chi connectivity index (χ2v) is 6.55. The molecule has 1 amide bonds. The van der Waals surface area contributed by atoms with Gasteiger partial charge in [0.25, 0.3) is 11.6 Å². The predicted octanol–water partition coefficient (Wildman–Crippen LogP) is 3.80. The van der Waals surface area contributed by atoms with Crippen molar-refractivity contribution < 1.29 is 19.2 Å². The van der Waals surface area contributed by atoms with E-state index in [2.05, 4.69) is 11.4 Å². The van der Waals surface area contributed by atoms with Crippen LogP contribution in [0.15, 0.2) is 29.8 Å². The van der Waals surface area contributed by atoms with Crippen molar-refractivity contribution in [2.45, 2.75) is 45.1 Å². The fourth-order valence-corrected chi connectivity index (χ4v) is 2.89. The molecule has 1 aliphatic rings. The van der Waals surface area contributed by atoms with Crippen LogP contribution in [0.25, 0.3) is 0 Å². The monoisotopic (exact) mass is 380 g/mol. The molecule has 1 unspecified atom stereocenters. The van der Waals surface area contributed by atoms with Gasteiger partial charge in [0.15, 0.2) is 6.10 Å². The molecule has 1 aromatic rings. The van der Waals surface area contributed by atoms with Crippen molar-refractivity contribution in [1.82, 2.24) is 5.32 Å². The number of rotatable bonds is 7. The maximum Gasteiger partial charge on any atom is 0.345 e. The third kappa shape index (κ3) is 5.56. The molecule has 0 fully saturated rings. The largest absolute Gasteiger partial charge is 0.449 e. The number of allylic oxidation sites excluding steroid dienone is 1. The van der Waals surface area contributed by atoms with E-state index in [9.17, 15) is 19.7 Å². The fourth-order valence-electron chi connectivity index (χ4n) is 2.73. The van der Waals surface area contributed by atoms with E-state index < -0.39 is 28.6 Å². The lowest BCUT2D eigenvalue weighted by atomic mass is 9.97. The highest BCUT2D eigenvalue weighted by atomic mass is 35.5. The molecule has 26 heavy (non-hydrogen) atoms. The van der Waals surface area contributed by atoms with Gasteiger partial charge in [0.1, 0.15) is 5.56 Å². The first-order valence-electron chi connectivity index (χ1n) is 8.49. The molecule has 0 radical (unpaired) electrons. The molecule has 1 aromatic carbocycles. The zero-order valence-corrected chi connectivity index (χ0v) is 15.3. The molecule has 0 aromatic heterocycles. The summed E-state index contributed by atoms with van der Waals surface area (Å²) in [6.45, 7) is 1.89. The summed E-state index contributed by atoms with van der Waals surface area (Å²) in [7, 11) is 0. The van der Waals surface area contributed by atoms with Crippen LogP contribution < -0.4 is 5.32 Å². The molecule has 2 rings (SSSR count). The van der Waals surface area contributed by atoms with Crippen LogP contribution in [0.3, 0.4) is 0 Å². The van der Waals surface area contributed by atoms with Crippen molar-refractivity contribution >= 4 is 29.2 Å². The van der Waals surface area contributed by atoms with Gasteiger partial charge in [0, 0.05) is 17.6 Å². The Bertz CT molecular complexity index is 732. The van der Waals surface area contributed by atoms with Crippen LogP contribution >= 0.6 is 11.6 Å². The van der Waals surface area contributed by atoms with Gasteiger partial charge in [-0.15, -0.1) is 0 Å². The highest BCUT2D eigenvalue weighted by molar-refractivity contribution is 6.31. The first kappa shape index (κ1) is 19.9. The van der Waals surface area contributed by atoms with Crippen LogP contribution in [0, 0.1) is 10.1 Å². The number of carbonyl (C=O) groups excluding carboxylic acids is 2. The van der Waals surface area contributed by atoms with Crippen LogP contribution in [0.5, 0.6) is 0 Å². The van der Waals surface area contributed by atoms with E-state index in [0.29, 0.717) is 6.54 Å². The zero-order valence-electron chi connectivity index (χ0n) is 14.5. The molecule has 1 N–H and O–H groups in total. The lowest BCUT2D eigenvalue weighted by Crippen LogP contribution is -2.36. The second-order valence-electron chi connectivity index (χ2n) is 6.12. The van der Waals surface area contributed by atoms with Crippen molar-refractivity contribution in [1.29, 1.82) is 0 Å². The number of amides is 1. The first-order valence-corrected chi connectivity index (χ1v) is 8.87. The number of nitrogens with zero attached hydrogens (tertiary/aromatic N) is 1. The quantitative estimate of drug-likeness (QED) is 0.335. The SMILES string of the molecule is CC(OC(=O)c1ccc(Cl)cc1[N+](=O)[O-])C(=O)NCCC1=CCCCC1. The molecule has 1 atom stereocenters. The number of benzene rings is 1. The smallest absolute Gasteiger partial charge is 0.345 e. The molecule has 0 heterocycles. The van der Waals surface area contributed by atoms with Gasteiger partial charge in [-0.25, -0.2) is 4.79 Å². The summed E-state index contributed by atoms with van der Waals surface area (Å²) in [5, 5.41) is 13.9. The number of nitro groups is 1. The van der Waals surface area contributed by atoms with Crippen molar-refractivity contribution in [3.8, 4) is 0 Å². The third-order valence-electron chi connectivity index (χ3n) is 4.16. The second kappa shape index (κ2) is 9.33. The van der Waals surface area contributed by atoms with E-state index in [0.717, 1.165) is 25.3 Å². The zero-order chi connectivity index (χ0) is 19.1. The molecule has 140 valence electrons. The van der Waals surface area contributed by atoms with Gasteiger partial charge in [-0.2, -0.15) is 0 Å². The molecule has 8 heteroatoms. The van der Waals surface area contributed by atoms with Crippen molar-refractivity contribution in [2.75, 3.05) is 6.54 Å². The Balaban J connectivity index is 1.89. The minimum absolute atomic E-state index is 0.135. The average Bonchev–Trinajstić information content (AvgIpc) is 2.62. The van der Waals surface area contributed by atoms with E-state index in [1.165, 1.54) is 37.5 Å². The Hall–Kier alpha value is -2.41. The summed E-state index contributed by atoms with van der Waals surface area (Å²) >= 11 is 5.72. The number of carbonyl (C=O) groups is 2. The number of esters is 1. The van der Waals surface area contributed by atoms with Gasteiger partial charge in [-0.05, 0) is 51.2 Å². The standard InChI is InChI=1S/C18H21ClN2O5/c1-12(17(22)20-10-9-13-5-3-2-4-6-13)26-18(23)15-8-7-14(19)11-16(15)21(24)25/h5,7-8,11-12H,2-4,6,9-10H2,1H3,(H,20,22). The van der Waals surface area contributed by atoms with Gasteiger partial charge in [0.05, 0.1) is 4.92 Å².